The molecule has 0 radical (unpaired) electrons. The van der Waals surface area contributed by atoms with E-state index >= 15 is 0 Å². The molecule has 1 N–H and O–H groups in total. The number of ether oxygens (including phenoxy) is 1. The predicted octanol–water partition coefficient (Wildman–Crippen LogP) is 2.34. The lowest BCUT2D eigenvalue weighted by atomic mass is 9.98. The summed E-state index contributed by atoms with van der Waals surface area (Å²) in [6, 6.07) is 8.13. The minimum atomic E-state index is -0.726. The van der Waals surface area contributed by atoms with Gasteiger partial charge in [-0.3, -0.25) is 4.79 Å². The summed E-state index contributed by atoms with van der Waals surface area (Å²) in [5.74, 6) is -0.906. The molecule has 2 atom stereocenters. The van der Waals surface area contributed by atoms with Gasteiger partial charge in [-0.2, -0.15) is 0 Å². The summed E-state index contributed by atoms with van der Waals surface area (Å²) < 4.78 is 4.94. The number of hydrogen-bond donors (Lipinski definition) is 1. The Morgan fingerprint density at radius 1 is 1.30 bits per heavy atom. The summed E-state index contributed by atoms with van der Waals surface area (Å²) in [6.45, 7) is 0. The van der Waals surface area contributed by atoms with Crippen molar-refractivity contribution in [1.82, 2.24) is 9.97 Å². The van der Waals surface area contributed by atoms with Crippen LogP contribution in [-0.2, 0) is 4.79 Å². The Labute approximate surface area is 116 Å². The zero-order valence-corrected chi connectivity index (χ0v) is 11.0. The summed E-state index contributed by atoms with van der Waals surface area (Å²) in [4.78, 5) is 19.2. The Bertz CT molecular complexity index is 640. The van der Waals surface area contributed by atoms with E-state index in [1.807, 2.05) is 24.3 Å². The number of methoxy groups -OCH3 is 1. The number of aliphatic carboxylic acids is 1. The molecule has 1 aromatic carbocycles. The van der Waals surface area contributed by atoms with E-state index in [0.29, 0.717) is 12.4 Å². The summed E-state index contributed by atoms with van der Waals surface area (Å²) >= 11 is 0. The smallest absolute Gasteiger partial charge is 0.316 e. The maximum absolute atomic E-state index is 11.0. The van der Waals surface area contributed by atoms with Crippen molar-refractivity contribution in [3.8, 4) is 17.1 Å². The average Bonchev–Trinajstić information content (AvgIpc) is 3.28. The standard InChI is InChI=1S/C15H14N2O3/c1-20-15-16-7-9(8-17-15)10-4-2-3-5-11(10)12-6-13(12)14(18)19/h2-5,7-8,12-13H,6H2,1H3,(H,18,19)/t12-,13+/m0/s1. The van der Waals surface area contributed by atoms with Crippen LogP contribution in [0.2, 0.25) is 0 Å². The molecule has 2 aromatic rings. The number of hydrogen-bond acceptors (Lipinski definition) is 4. The lowest BCUT2D eigenvalue weighted by Gasteiger charge is -2.08. The van der Waals surface area contributed by atoms with Gasteiger partial charge in [0.2, 0.25) is 0 Å². The number of aromatic nitrogens is 2. The van der Waals surface area contributed by atoms with E-state index in [1.165, 1.54) is 7.11 Å². The first-order valence-corrected chi connectivity index (χ1v) is 6.39. The van der Waals surface area contributed by atoms with E-state index in [2.05, 4.69) is 9.97 Å². The van der Waals surface area contributed by atoms with Gasteiger partial charge in [-0.1, -0.05) is 24.3 Å². The second-order valence-corrected chi connectivity index (χ2v) is 4.83. The topological polar surface area (TPSA) is 72.3 Å². The van der Waals surface area contributed by atoms with E-state index in [4.69, 9.17) is 9.84 Å². The second kappa shape index (κ2) is 4.92. The highest BCUT2D eigenvalue weighted by Crippen LogP contribution is 2.50. The van der Waals surface area contributed by atoms with Gasteiger partial charge < -0.3 is 9.84 Å². The van der Waals surface area contributed by atoms with E-state index < -0.39 is 5.97 Å². The van der Waals surface area contributed by atoms with Crippen molar-refractivity contribution in [2.75, 3.05) is 7.11 Å². The molecule has 5 heteroatoms. The van der Waals surface area contributed by atoms with Crippen LogP contribution >= 0.6 is 0 Å². The van der Waals surface area contributed by atoms with E-state index in [0.717, 1.165) is 16.7 Å². The average molecular weight is 270 g/mol. The van der Waals surface area contributed by atoms with Crippen LogP contribution in [-0.4, -0.2) is 28.2 Å². The van der Waals surface area contributed by atoms with Crippen LogP contribution in [0.15, 0.2) is 36.7 Å². The third kappa shape index (κ3) is 2.22. The van der Waals surface area contributed by atoms with Crippen molar-refractivity contribution in [1.29, 1.82) is 0 Å². The van der Waals surface area contributed by atoms with Crippen molar-refractivity contribution in [2.45, 2.75) is 12.3 Å². The minimum Gasteiger partial charge on any atom is -0.481 e. The molecule has 1 aromatic heterocycles. The Morgan fingerprint density at radius 3 is 2.60 bits per heavy atom. The van der Waals surface area contributed by atoms with Gasteiger partial charge in [0, 0.05) is 18.0 Å². The largest absolute Gasteiger partial charge is 0.481 e. The van der Waals surface area contributed by atoms with Gasteiger partial charge in [-0.05, 0) is 23.5 Å². The number of carbonyl (C=O) groups is 1. The molecule has 1 saturated carbocycles. The summed E-state index contributed by atoms with van der Waals surface area (Å²) in [5.41, 5.74) is 2.91. The van der Waals surface area contributed by atoms with Gasteiger partial charge in [0.15, 0.2) is 0 Å². The maximum atomic E-state index is 11.0. The first kappa shape index (κ1) is 12.6. The third-order valence-electron chi connectivity index (χ3n) is 3.59. The van der Waals surface area contributed by atoms with Crippen LogP contribution in [0.5, 0.6) is 6.01 Å². The molecule has 102 valence electrons. The molecule has 20 heavy (non-hydrogen) atoms. The zero-order chi connectivity index (χ0) is 14.1. The number of rotatable bonds is 4. The van der Waals surface area contributed by atoms with Crippen molar-refractivity contribution < 1.29 is 14.6 Å². The van der Waals surface area contributed by atoms with Crippen LogP contribution in [0.25, 0.3) is 11.1 Å². The molecule has 3 rings (SSSR count). The summed E-state index contributed by atoms with van der Waals surface area (Å²) in [7, 11) is 1.52. The fraction of sp³-hybridized carbons (Fsp3) is 0.267. The maximum Gasteiger partial charge on any atom is 0.316 e. The molecule has 0 amide bonds. The zero-order valence-electron chi connectivity index (χ0n) is 11.0. The van der Waals surface area contributed by atoms with Crippen molar-refractivity contribution in [3.63, 3.8) is 0 Å². The van der Waals surface area contributed by atoms with Gasteiger partial charge in [-0.25, -0.2) is 9.97 Å². The van der Waals surface area contributed by atoms with Crippen LogP contribution in [0.4, 0.5) is 0 Å². The first-order chi connectivity index (χ1) is 9.70. The van der Waals surface area contributed by atoms with Crippen LogP contribution in [0.1, 0.15) is 17.9 Å². The number of carboxylic acid groups (broad SMARTS) is 1. The van der Waals surface area contributed by atoms with Crippen LogP contribution < -0.4 is 4.74 Å². The quantitative estimate of drug-likeness (QED) is 0.923. The van der Waals surface area contributed by atoms with Crippen molar-refractivity contribution >= 4 is 5.97 Å². The number of nitrogens with zero attached hydrogens (tertiary/aromatic N) is 2. The second-order valence-electron chi connectivity index (χ2n) is 4.83. The molecule has 0 saturated heterocycles. The van der Waals surface area contributed by atoms with Gasteiger partial charge in [0.25, 0.3) is 0 Å². The molecule has 0 aliphatic heterocycles. The molecule has 1 aliphatic carbocycles. The van der Waals surface area contributed by atoms with Crippen molar-refractivity contribution in [2.24, 2.45) is 5.92 Å². The first-order valence-electron chi connectivity index (χ1n) is 6.39. The number of benzene rings is 1. The lowest BCUT2D eigenvalue weighted by Crippen LogP contribution is -2.00. The summed E-state index contributed by atoms with van der Waals surface area (Å²) in [5, 5.41) is 9.07. The minimum absolute atomic E-state index is 0.0887. The van der Waals surface area contributed by atoms with Crippen LogP contribution in [0, 0.1) is 5.92 Å². The van der Waals surface area contributed by atoms with E-state index in [9.17, 15) is 4.79 Å². The monoisotopic (exact) mass is 270 g/mol. The highest BCUT2D eigenvalue weighted by atomic mass is 16.5. The van der Waals surface area contributed by atoms with Gasteiger partial charge >= 0.3 is 12.0 Å². The molecule has 1 fully saturated rings. The molecule has 1 heterocycles. The molecular formula is C15H14N2O3. The highest BCUT2D eigenvalue weighted by molar-refractivity contribution is 5.77. The highest BCUT2D eigenvalue weighted by Gasteiger charge is 2.45. The van der Waals surface area contributed by atoms with Gasteiger partial charge in [0.05, 0.1) is 13.0 Å². The molecule has 5 nitrogen and oxygen atoms in total. The van der Waals surface area contributed by atoms with E-state index in [-0.39, 0.29) is 11.8 Å². The fourth-order valence-corrected chi connectivity index (χ4v) is 2.46. The Kier molecular flexibility index (Phi) is 3.10. The fourth-order valence-electron chi connectivity index (χ4n) is 2.46. The molecule has 0 unspecified atom stereocenters. The SMILES string of the molecule is COc1ncc(-c2ccccc2[C@@H]2C[C@H]2C(=O)O)cn1. The third-order valence-corrected chi connectivity index (χ3v) is 3.59. The molecule has 0 spiro atoms. The van der Waals surface area contributed by atoms with Gasteiger partial charge in [0.1, 0.15) is 0 Å². The molecule has 0 bridgehead atoms. The lowest BCUT2D eigenvalue weighted by molar-refractivity contribution is -0.138. The van der Waals surface area contributed by atoms with E-state index in [1.54, 1.807) is 12.4 Å². The predicted molar refractivity (Wildman–Crippen MR) is 72.5 cm³/mol. The molecular weight excluding hydrogens is 256 g/mol. The Morgan fingerprint density at radius 2 is 2.00 bits per heavy atom. The Hall–Kier alpha value is -2.43. The van der Waals surface area contributed by atoms with Crippen LogP contribution in [0.3, 0.4) is 0 Å². The normalized spacial score (nSPS) is 20.4. The van der Waals surface area contributed by atoms with Gasteiger partial charge in [-0.15, -0.1) is 0 Å². The molecule has 1 aliphatic rings. The number of carboxylic acids is 1. The Balaban J connectivity index is 1.95. The van der Waals surface area contributed by atoms with Crippen molar-refractivity contribution in [3.05, 3.63) is 42.2 Å². The summed E-state index contributed by atoms with van der Waals surface area (Å²) in [6.07, 6.45) is 4.09.